The van der Waals surface area contributed by atoms with Gasteiger partial charge in [-0.25, -0.2) is 0 Å². The van der Waals surface area contributed by atoms with Gasteiger partial charge in [0, 0.05) is 46.9 Å². The zero-order valence-corrected chi connectivity index (χ0v) is 16.5. The fourth-order valence-corrected chi connectivity index (χ4v) is 3.14. The molecule has 2 fully saturated rings. The lowest BCUT2D eigenvalue weighted by molar-refractivity contribution is 0.115. The van der Waals surface area contributed by atoms with E-state index >= 15 is 0 Å². The van der Waals surface area contributed by atoms with Gasteiger partial charge in [0.25, 0.3) is 0 Å². The molecule has 1 N–H and O–H groups in total. The summed E-state index contributed by atoms with van der Waals surface area (Å²) in [6, 6.07) is 0. The van der Waals surface area contributed by atoms with Crippen LogP contribution in [0.2, 0.25) is 0 Å². The Morgan fingerprint density at radius 1 is 1.16 bits per heavy atom. The van der Waals surface area contributed by atoms with Gasteiger partial charge in [0.15, 0.2) is 5.96 Å². The number of piperidine rings is 1. The van der Waals surface area contributed by atoms with E-state index in [0.717, 1.165) is 57.9 Å². The van der Waals surface area contributed by atoms with Gasteiger partial charge >= 0.3 is 0 Å². The summed E-state index contributed by atoms with van der Waals surface area (Å²) in [4.78, 5) is 9.58. The van der Waals surface area contributed by atoms with Gasteiger partial charge < -0.3 is 24.6 Å². The highest BCUT2D eigenvalue weighted by atomic mass is 16.5. The van der Waals surface area contributed by atoms with Crippen LogP contribution in [0.5, 0.6) is 0 Å². The number of hydrogen-bond acceptors (Lipinski definition) is 4. The summed E-state index contributed by atoms with van der Waals surface area (Å²) in [5.74, 6) is 2.55. The molecule has 1 saturated heterocycles. The van der Waals surface area contributed by atoms with Crippen LogP contribution in [0.4, 0.5) is 0 Å². The Morgan fingerprint density at radius 3 is 2.56 bits per heavy atom. The second-order valence-corrected chi connectivity index (χ2v) is 7.41. The molecule has 1 saturated carbocycles. The number of nitrogens with one attached hydrogen (secondary N) is 1. The van der Waals surface area contributed by atoms with Crippen molar-refractivity contribution in [3.05, 3.63) is 0 Å². The van der Waals surface area contributed by atoms with E-state index in [1.165, 1.54) is 38.8 Å². The minimum atomic E-state index is 0.701. The number of rotatable bonds is 11. The molecule has 0 aromatic carbocycles. The summed E-state index contributed by atoms with van der Waals surface area (Å²) >= 11 is 0. The van der Waals surface area contributed by atoms with Crippen LogP contribution in [0.15, 0.2) is 4.99 Å². The van der Waals surface area contributed by atoms with Crippen molar-refractivity contribution in [2.45, 2.75) is 32.6 Å². The van der Waals surface area contributed by atoms with Crippen molar-refractivity contribution in [1.29, 1.82) is 0 Å². The molecule has 0 unspecified atom stereocenters. The number of nitrogens with zero attached hydrogens (tertiary/aromatic N) is 3. The zero-order valence-electron chi connectivity index (χ0n) is 16.5. The van der Waals surface area contributed by atoms with Crippen LogP contribution in [0.3, 0.4) is 0 Å². The number of ether oxygens (including phenoxy) is 2. The topological polar surface area (TPSA) is 49.3 Å². The van der Waals surface area contributed by atoms with Gasteiger partial charge in [0.1, 0.15) is 0 Å². The van der Waals surface area contributed by atoms with E-state index in [4.69, 9.17) is 14.5 Å². The Morgan fingerprint density at radius 2 is 1.92 bits per heavy atom. The number of guanidine groups is 1. The lowest BCUT2D eigenvalue weighted by atomic mass is 9.97. The molecule has 1 aliphatic carbocycles. The molecule has 0 aromatic heterocycles. The number of methoxy groups -OCH3 is 1. The highest BCUT2D eigenvalue weighted by molar-refractivity contribution is 5.79. The van der Waals surface area contributed by atoms with E-state index < -0.39 is 0 Å². The highest BCUT2D eigenvalue weighted by Crippen LogP contribution is 2.28. The average molecular weight is 355 g/mol. The molecular formula is C19H38N4O2. The molecular weight excluding hydrogens is 316 g/mol. The van der Waals surface area contributed by atoms with Crippen LogP contribution >= 0.6 is 0 Å². The number of likely N-dealkylation sites (N-methyl/N-ethyl adjacent to an activating group) is 1. The molecule has 0 aromatic rings. The monoisotopic (exact) mass is 354 g/mol. The first-order valence-corrected chi connectivity index (χ1v) is 10.0. The second-order valence-electron chi connectivity index (χ2n) is 7.41. The summed E-state index contributed by atoms with van der Waals surface area (Å²) in [7, 11) is 3.88. The quantitative estimate of drug-likeness (QED) is 0.347. The molecule has 146 valence electrons. The van der Waals surface area contributed by atoms with Crippen LogP contribution in [-0.2, 0) is 9.47 Å². The van der Waals surface area contributed by atoms with E-state index in [-0.39, 0.29) is 0 Å². The molecule has 2 aliphatic rings. The van der Waals surface area contributed by atoms with Crippen LogP contribution in [0.1, 0.15) is 32.6 Å². The summed E-state index contributed by atoms with van der Waals surface area (Å²) in [5.41, 5.74) is 0. The van der Waals surface area contributed by atoms with E-state index in [1.54, 1.807) is 7.11 Å². The van der Waals surface area contributed by atoms with Gasteiger partial charge in [-0.1, -0.05) is 0 Å². The maximum Gasteiger partial charge on any atom is 0.193 e. The van der Waals surface area contributed by atoms with Gasteiger partial charge in [0.2, 0.25) is 0 Å². The largest absolute Gasteiger partial charge is 0.383 e. The van der Waals surface area contributed by atoms with Crippen LogP contribution in [0, 0.1) is 11.8 Å². The van der Waals surface area contributed by atoms with Gasteiger partial charge in [-0.2, -0.15) is 0 Å². The molecule has 0 atom stereocenters. The van der Waals surface area contributed by atoms with Crippen molar-refractivity contribution >= 4 is 5.96 Å². The zero-order chi connectivity index (χ0) is 17.9. The van der Waals surface area contributed by atoms with Gasteiger partial charge in [-0.3, -0.25) is 4.99 Å². The van der Waals surface area contributed by atoms with Crippen molar-refractivity contribution in [2.24, 2.45) is 16.8 Å². The number of likely N-dealkylation sites (tertiary alicyclic amines) is 1. The first-order chi connectivity index (χ1) is 12.2. The van der Waals surface area contributed by atoms with Gasteiger partial charge in [-0.05, 0) is 57.5 Å². The van der Waals surface area contributed by atoms with Crippen molar-refractivity contribution in [1.82, 2.24) is 15.1 Å². The molecule has 2 rings (SSSR count). The Balaban J connectivity index is 1.67. The third kappa shape index (κ3) is 8.38. The third-order valence-corrected chi connectivity index (χ3v) is 5.14. The molecule has 0 bridgehead atoms. The predicted octanol–water partition coefficient (Wildman–Crippen LogP) is 1.67. The Hall–Kier alpha value is -0.850. The highest BCUT2D eigenvalue weighted by Gasteiger charge is 2.21. The molecule has 6 nitrogen and oxygen atoms in total. The lowest BCUT2D eigenvalue weighted by Crippen LogP contribution is -2.41. The lowest BCUT2D eigenvalue weighted by Gasteiger charge is -2.31. The fraction of sp³-hybridized carbons (Fsp3) is 0.947. The Bertz CT molecular complexity index is 380. The Labute approximate surface area is 153 Å². The summed E-state index contributed by atoms with van der Waals surface area (Å²) in [6.07, 6.45) is 5.18. The SMILES string of the molecule is CCNC(=NCC1CCN(CCOC)CC1)N(C)CCOCC1CC1. The fourth-order valence-electron chi connectivity index (χ4n) is 3.14. The smallest absolute Gasteiger partial charge is 0.193 e. The molecule has 0 radical (unpaired) electrons. The molecule has 1 aliphatic heterocycles. The first-order valence-electron chi connectivity index (χ1n) is 10.0. The maximum absolute atomic E-state index is 5.75. The standard InChI is InChI=1S/C19H38N4O2/c1-4-20-19(22(2)11-14-25-16-18-5-6-18)21-15-17-7-9-23(10-8-17)12-13-24-3/h17-18H,4-16H2,1-3H3,(H,20,21). The van der Waals surface area contributed by atoms with Crippen LogP contribution in [0.25, 0.3) is 0 Å². The summed E-state index contributed by atoms with van der Waals surface area (Å²) < 4.78 is 10.9. The van der Waals surface area contributed by atoms with E-state index in [1.807, 2.05) is 0 Å². The molecule has 0 amide bonds. The second kappa shape index (κ2) is 11.7. The normalized spacial score (nSPS) is 20.0. The average Bonchev–Trinajstić information content (AvgIpc) is 3.45. The minimum absolute atomic E-state index is 0.701. The van der Waals surface area contributed by atoms with Crippen molar-refractivity contribution in [3.63, 3.8) is 0 Å². The molecule has 25 heavy (non-hydrogen) atoms. The molecule has 1 heterocycles. The van der Waals surface area contributed by atoms with Crippen molar-refractivity contribution < 1.29 is 9.47 Å². The van der Waals surface area contributed by atoms with Crippen LogP contribution in [-0.4, -0.2) is 89.0 Å². The third-order valence-electron chi connectivity index (χ3n) is 5.14. The number of aliphatic imine (C=N–C) groups is 1. The first kappa shape index (κ1) is 20.5. The van der Waals surface area contributed by atoms with Crippen molar-refractivity contribution in [3.8, 4) is 0 Å². The van der Waals surface area contributed by atoms with Crippen LogP contribution < -0.4 is 5.32 Å². The van der Waals surface area contributed by atoms with Gasteiger partial charge in [0.05, 0.1) is 13.2 Å². The molecule has 6 heteroatoms. The summed E-state index contributed by atoms with van der Waals surface area (Å²) in [6.45, 7) is 10.8. The predicted molar refractivity (Wildman–Crippen MR) is 103 cm³/mol. The number of hydrogen-bond donors (Lipinski definition) is 1. The van der Waals surface area contributed by atoms with E-state index in [0.29, 0.717) is 5.92 Å². The Kier molecular flexibility index (Phi) is 9.58. The minimum Gasteiger partial charge on any atom is -0.383 e. The van der Waals surface area contributed by atoms with E-state index in [2.05, 4.69) is 29.1 Å². The summed E-state index contributed by atoms with van der Waals surface area (Å²) in [5, 5.41) is 3.41. The maximum atomic E-state index is 5.75. The van der Waals surface area contributed by atoms with Crippen molar-refractivity contribution in [2.75, 3.05) is 73.2 Å². The van der Waals surface area contributed by atoms with E-state index in [9.17, 15) is 0 Å². The van der Waals surface area contributed by atoms with Gasteiger partial charge in [-0.15, -0.1) is 0 Å². The molecule has 0 spiro atoms.